The topological polar surface area (TPSA) is 86.8 Å². The highest BCUT2D eigenvalue weighted by Gasteiger charge is 2.31. The van der Waals surface area contributed by atoms with E-state index in [0.29, 0.717) is 5.69 Å². The third-order valence-electron chi connectivity index (χ3n) is 5.17. The molecule has 0 saturated carbocycles. The summed E-state index contributed by atoms with van der Waals surface area (Å²) in [6, 6.07) is 14.0. The average molecular weight is 474 g/mol. The van der Waals surface area contributed by atoms with Crippen LogP contribution in [0.3, 0.4) is 0 Å². The number of carbonyl (C=O) groups excluding carboxylic acids is 2. The third-order valence-corrected chi connectivity index (χ3v) is 6.30. The Morgan fingerprint density at radius 3 is 2.18 bits per heavy atom. The van der Waals surface area contributed by atoms with E-state index in [2.05, 4.69) is 5.32 Å². The van der Waals surface area contributed by atoms with Crippen molar-refractivity contribution in [1.82, 2.24) is 10.2 Å². The van der Waals surface area contributed by atoms with Crippen LogP contribution in [0.5, 0.6) is 0 Å². The van der Waals surface area contributed by atoms with E-state index < -0.39 is 34.1 Å². The molecule has 0 aliphatic heterocycles. The summed E-state index contributed by atoms with van der Waals surface area (Å²) in [7, 11) is -3.75. The molecule has 0 bridgehead atoms. The first kappa shape index (κ1) is 26.4. The van der Waals surface area contributed by atoms with Crippen LogP contribution in [0.1, 0.15) is 44.4 Å². The third kappa shape index (κ3) is 7.60. The molecule has 1 atom stereocenters. The molecule has 0 fully saturated rings. The summed E-state index contributed by atoms with van der Waals surface area (Å²) in [6.45, 7) is 10.7. The lowest BCUT2D eigenvalue weighted by atomic mass is 10.1. The van der Waals surface area contributed by atoms with Gasteiger partial charge in [-0.3, -0.25) is 13.9 Å². The fourth-order valence-corrected chi connectivity index (χ4v) is 4.32. The molecular weight excluding hydrogens is 438 g/mol. The Balaban J connectivity index is 2.42. The summed E-state index contributed by atoms with van der Waals surface area (Å²) in [5.41, 5.74) is 2.46. The largest absolute Gasteiger partial charge is 0.350 e. The Morgan fingerprint density at radius 2 is 1.64 bits per heavy atom. The van der Waals surface area contributed by atoms with Gasteiger partial charge in [0.2, 0.25) is 21.8 Å². The lowest BCUT2D eigenvalue weighted by molar-refractivity contribution is -0.140. The van der Waals surface area contributed by atoms with Crippen molar-refractivity contribution in [1.29, 1.82) is 0 Å². The Kier molecular flexibility index (Phi) is 8.30. The molecule has 7 nitrogen and oxygen atoms in total. The first-order valence-corrected chi connectivity index (χ1v) is 12.7. The van der Waals surface area contributed by atoms with Gasteiger partial charge in [0.15, 0.2) is 0 Å². The van der Waals surface area contributed by atoms with Gasteiger partial charge in [-0.1, -0.05) is 42.5 Å². The molecule has 2 aromatic rings. The van der Waals surface area contributed by atoms with E-state index in [1.807, 2.05) is 70.2 Å². The lowest BCUT2D eigenvalue weighted by Gasteiger charge is -2.33. The maximum Gasteiger partial charge on any atom is 0.244 e. The minimum Gasteiger partial charge on any atom is -0.350 e. The Hall–Kier alpha value is -2.87. The molecule has 0 spiro atoms. The number of nitrogens with zero attached hydrogens (tertiary/aromatic N) is 2. The maximum atomic E-state index is 13.5. The lowest BCUT2D eigenvalue weighted by Crippen LogP contribution is -2.54. The minimum atomic E-state index is -3.75. The van der Waals surface area contributed by atoms with Gasteiger partial charge in [-0.2, -0.15) is 0 Å². The second-order valence-electron chi connectivity index (χ2n) is 9.48. The SMILES string of the molecule is Cc1ccc(C)c(N(CC(=O)N(Cc2ccccc2)[C@H](C)C(=O)NC(C)(C)C)S(C)(=O)=O)c1. The minimum absolute atomic E-state index is 0.183. The van der Waals surface area contributed by atoms with Gasteiger partial charge in [-0.25, -0.2) is 8.42 Å². The zero-order valence-corrected chi connectivity index (χ0v) is 21.4. The molecular formula is C25H35N3O4S. The highest BCUT2D eigenvalue weighted by atomic mass is 32.2. The van der Waals surface area contributed by atoms with Crippen LogP contribution in [-0.2, 0) is 26.2 Å². The van der Waals surface area contributed by atoms with Crippen LogP contribution in [0.15, 0.2) is 48.5 Å². The highest BCUT2D eigenvalue weighted by Crippen LogP contribution is 2.24. The second-order valence-corrected chi connectivity index (χ2v) is 11.4. The molecule has 1 N–H and O–H groups in total. The van der Waals surface area contributed by atoms with Gasteiger partial charge in [-0.15, -0.1) is 0 Å². The number of amides is 2. The summed E-state index contributed by atoms with van der Waals surface area (Å²) in [5.74, 6) is -0.758. The first-order chi connectivity index (χ1) is 15.2. The van der Waals surface area contributed by atoms with Crippen LogP contribution in [0.2, 0.25) is 0 Å². The second kappa shape index (κ2) is 10.4. The van der Waals surface area contributed by atoms with E-state index in [-0.39, 0.29) is 12.5 Å². The first-order valence-electron chi connectivity index (χ1n) is 10.9. The fourth-order valence-electron chi connectivity index (χ4n) is 3.42. The quantitative estimate of drug-likeness (QED) is 0.637. The molecule has 0 saturated heterocycles. The van der Waals surface area contributed by atoms with Gasteiger partial charge in [0.1, 0.15) is 12.6 Å². The number of aryl methyl sites for hydroxylation is 2. The predicted molar refractivity (Wildman–Crippen MR) is 132 cm³/mol. The standard InChI is InChI=1S/C25H35N3O4S/c1-18-13-14-19(2)22(15-18)28(33(7,31)32)17-23(29)27(16-21-11-9-8-10-12-21)20(3)24(30)26-25(4,5)6/h8-15,20H,16-17H2,1-7H3,(H,26,30)/t20-/m1/s1. The Bertz CT molecular complexity index is 1090. The summed E-state index contributed by atoms with van der Waals surface area (Å²) in [5, 5.41) is 2.91. The molecule has 0 radical (unpaired) electrons. The number of sulfonamides is 1. The van der Waals surface area contributed by atoms with Crippen LogP contribution < -0.4 is 9.62 Å². The molecule has 180 valence electrons. The maximum absolute atomic E-state index is 13.5. The highest BCUT2D eigenvalue weighted by molar-refractivity contribution is 7.92. The predicted octanol–water partition coefficient (Wildman–Crippen LogP) is 3.40. The molecule has 33 heavy (non-hydrogen) atoms. The Labute approximate surface area is 197 Å². The molecule has 0 aliphatic rings. The number of benzene rings is 2. The van der Waals surface area contributed by atoms with Gasteiger partial charge in [0.05, 0.1) is 11.9 Å². The van der Waals surface area contributed by atoms with Crippen LogP contribution >= 0.6 is 0 Å². The van der Waals surface area contributed by atoms with Crippen molar-refractivity contribution in [2.24, 2.45) is 0 Å². The molecule has 0 heterocycles. The molecule has 0 aliphatic carbocycles. The fraction of sp³-hybridized carbons (Fsp3) is 0.440. The Morgan fingerprint density at radius 1 is 1.03 bits per heavy atom. The van der Waals surface area contributed by atoms with Crippen molar-refractivity contribution in [2.45, 2.75) is 59.7 Å². The monoisotopic (exact) mass is 473 g/mol. The van der Waals surface area contributed by atoms with Crippen molar-refractivity contribution in [3.8, 4) is 0 Å². The van der Waals surface area contributed by atoms with Gasteiger partial charge in [0, 0.05) is 12.1 Å². The van der Waals surface area contributed by atoms with Crippen molar-refractivity contribution in [3.63, 3.8) is 0 Å². The summed E-state index contributed by atoms with van der Waals surface area (Å²) < 4.78 is 26.5. The summed E-state index contributed by atoms with van der Waals surface area (Å²) in [6.07, 6.45) is 1.08. The summed E-state index contributed by atoms with van der Waals surface area (Å²) >= 11 is 0. The van der Waals surface area contributed by atoms with Gasteiger partial charge >= 0.3 is 0 Å². The van der Waals surface area contributed by atoms with Crippen LogP contribution in [-0.4, -0.2) is 49.5 Å². The normalized spacial score (nSPS) is 12.7. The van der Waals surface area contributed by atoms with E-state index in [0.717, 1.165) is 27.3 Å². The van der Waals surface area contributed by atoms with E-state index >= 15 is 0 Å². The summed E-state index contributed by atoms with van der Waals surface area (Å²) in [4.78, 5) is 27.9. The van der Waals surface area contributed by atoms with Crippen molar-refractivity contribution in [2.75, 3.05) is 17.1 Å². The van der Waals surface area contributed by atoms with Crippen molar-refractivity contribution < 1.29 is 18.0 Å². The van der Waals surface area contributed by atoms with Gasteiger partial charge < -0.3 is 10.2 Å². The number of carbonyl (C=O) groups is 2. The number of rotatable bonds is 8. The van der Waals surface area contributed by atoms with Crippen LogP contribution in [0, 0.1) is 13.8 Å². The average Bonchev–Trinajstić information content (AvgIpc) is 2.70. The molecule has 8 heteroatoms. The molecule has 2 amide bonds. The van der Waals surface area contributed by atoms with Gasteiger partial charge in [-0.05, 0) is 64.3 Å². The van der Waals surface area contributed by atoms with E-state index in [1.165, 1.54) is 4.90 Å². The number of hydrogen-bond acceptors (Lipinski definition) is 4. The van der Waals surface area contributed by atoms with Gasteiger partial charge in [0.25, 0.3) is 0 Å². The smallest absolute Gasteiger partial charge is 0.244 e. The molecule has 0 unspecified atom stereocenters. The molecule has 2 rings (SSSR count). The van der Waals surface area contributed by atoms with Crippen LogP contribution in [0.25, 0.3) is 0 Å². The van der Waals surface area contributed by atoms with E-state index in [9.17, 15) is 18.0 Å². The number of hydrogen-bond donors (Lipinski definition) is 1. The van der Waals surface area contributed by atoms with Crippen molar-refractivity contribution >= 4 is 27.5 Å². The van der Waals surface area contributed by atoms with E-state index in [4.69, 9.17) is 0 Å². The number of nitrogens with one attached hydrogen (secondary N) is 1. The zero-order chi connectivity index (χ0) is 25.0. The van der Waals surface area contributed by atoms with Crippen LogP contribution in [0.4, 0.5) is 5.69 Å². The molecule has 2 aromatic carbocycles. The van der Waals surface area contributed by atoms with E-state index in [1.54, 1.807) is 19.9 Å². The zero-order valence-electron chi connectivity index (χ0n) is 20.5. The molecule has 0 aromatic heterocycles. The number of anilines is 1. The van der Waals surface area contributed by atoms with Crippen molar-refractivity contribution in [3.05, 3.63) is 65.2 Å².